The smallest absolute Gasteiger partial charge is 0.264 e. The first-order valence-corrected chi connectivity index (χ1v) is 12.6. The number of nitrogens with one attached hydrogen (secondary N) is 1. The molecule has 2 atom stereocenters. The Labute approximate surface area is 214 Å². The number of carbonyl (C=O) groups excluding carboxylic acids is 2. The summed E-state index contributed by atoms with van der Waals surface area (Å²) in [6.07, 6.45) is 2.30. The summed E-state index contributed by atoms with van der Waals surface area (Å²) in [6, 6.07) is 22.8. The van der Waals surface area contributed by atoms with Crippen molar-refractivity contribution in [3.8, 4) is 5.75 Å². The minimum atomic E-state index is -0.890. The number of amides is 2. The van der Waals surface area contributed by atoms with Gasteiger partial charge in [-0.1, -0.05) is 54.6 Å². The molecule has 1 N–H and O–H groups in total. The summed E-state index contributed by atoms with van der Waals surface area (Å²) in [5.74, 6) is -0.292. The number of pyridine rings is 1. The second kappa shape index (κ2) is 9.24. The predicted molar refractivity (Wildman–Crippen MR) is 142 cm³/mol. The largest absolute Gasteiger partial charge is 0.477 e. The van der Waals surface area contributed by atoms with Crippen molar-refractivity contribution in [2.24, 2.45) is 0 Å². The number of ether oxygens (including phenoxy) is 1. The third kappa shape index (κ3) is 4.06. The van der Waals surface area contributed by atoms with E-state index >= 15 is 0 Å². The van der Waals surface area contributed by atoms with E-state index < -0.39 is 12.0 Å². The number of hydrogen-bond acceptors (Lipinski definition) is 4. The molecule has 0 bridgehead atoms. The predicted octanol–water partition coefficient (Wildman–Crippen LogP) is 3.89. The molecule has 37 heavy (non-hydrogen) atoms. The van der Waals surface area contributed by atoms with Crippen LogP contribution in [0.3, 0.4) is 0 Å². The van der Waals surface area contributed by atoms with Crippen LogP contribution in [0.15, 0.2) is 83.8 Å². The molecule has 2 amide bonds. The number of para-hydroxylation sites is 3. The van der Waals surface area contributed by atoms with Crippen molar-refractivity contribution in [3.05, 3.63) is 106 Å². The average molecular weight is 494 g/mol. The van der Waals surface area contributed by atoms with Crippen molar-refractivity contribution < 1.29 is 14.3 Å². The summed E-state index contributed by atoms with van der Waals surface area (Å²) in [6.45, 7) is 2.55. The van der Waals surface area contributed by atoms with Crippen molar-refractivity contribution in [2.45, 2.75) is 31.9 Å². The highest BCUT2D eigenvalue weighted by Gasteiger charge is 2.36. The Morgan fingerprint density at radius 3 is 2.62 bits per heavy atom. The molecule has 2 aliphatic rings. The molecule has 0 saturated heterocycles. The van der Waals surface area contributed by atoms with E-state index in [0.29, 0.717) is 29.8 Å². The number of rotatable bonds is 5. The highest BCUT2D eigenvalue weighted by molar-refractivity contribution is 6.09. The van der Waals surface area contributed by atoms with Gasteiger partial charge in [0, 0.05) is 24.2 Å². The average Bonchev–Trinajstić information content (AvgIpc) is 3.25. The molecule has 186 valence electrons. The lowest BCUT2D eigenvalue weighted by atomic mass is 10.1. The van der Waals surface area contributed by atoms with Crippen LogP contribution in [-0.4, -0.2) is 35.6 Å². The van der Waals surface area contributed by atoms with Gasteiger partial charge < -0.3 is 19.5 Å². The molecular formula is C30H27N3O4. The SMILES string of the molecule is CC1Cc2cccc3c(=O)c(C(=O)N4CC(C(=O)NCCc5ccccc5)Oc5ccccc54)cn1c23. The Balaban J connectivity index is 1.29. The highest BCUT2D eigenvalue weighted by Crippen LogP contribution is 2.35. The van der Waals surface area contributed by atoms with Crippen LogP contribution in [0, 0.1) is 0 Å². The molecule has 3 heterocycles. The van der Waals surface area contributed by atoms with Crippen LogP contribution in [0.4, 0.5) is 5.69 Å². The van der Waals surface area contributed by atoms with Crippen molar-refractivity contribution in [1.82, 2.24) is 9.88 Å². The second-order valence-electron chi connectivity index (χ2n) is 9.66. The third-order valence-electron chi connectivity index (χ3n) is 7.22. The van der Waals surface area contributed by atoms with Gasteiger partial charge in [-0.25, -0.2) is 0 Å². The lowest BCUT2D eigenvalue weighted by Crippen LogP contribution is -2.51. The fourth-order valence-electron chi connectivity index (χ4n) is 5.37. The molecule has 0 saturated carbocycles. The number of nitrogens with zero attached hydrogens (tertiary/aromatic N) is 2. The number of carbonyl (C=O) groups is 2. The van der Waals surface area contributed by atoms with Crippen LogP contribution in [0.1, 0.15) is 34.5 Å². The molecule has 2 aliphatic heterocycles. The summed E-state index contributed by atoms with van der Waals surface area (Å²) < 4.78 is 8.02. The van der Waals surface area contributed by atoms with Crippen LogP contribution >= 0.6 is 0 Å². The first kappa shape index (κ1) is 23.0. The van der Waals surface area contributed by atoms with Crippen molar-refractivity contribution >= 4 is 28.4 Å². The Kier molecular flexibility index (Phi) is 5.75. The number of hydrogen-bond donors (Lipinski definition) is 1. The first-order chi connectivity index (χ1) is 18.0. The van der Waals surface area contributed by atoms with Crippen LogP contribution in [0.5, 0.6) is 5.75 Å². The van der Waals surface area contributed by atoms with Gasteiger partial charge >= 0.3 is 0 Å². The van der Waals surface area contributed by atoms with Gasteiger partial charge in [-0.2, -0.15) is 0 Å². The zero-order valence-corrected chi connectivity index (χ0v) is 20.5. The van der Waals surface area contributed by atoms with E-state index in [1.165, 1.54) is 4.90 Å². The Hall–Kier alpha value is -4.39. The van der Waals surface area contributed by atoms with Crippen molar-refractivity contribution in [3.63, 3.8) is 0 Å². The lowest BCUT2D eigenvalue weighted by molar-refractivity contribution is -0.127. The molecule has 4 aromatic rings. The minimum Gasteiger partial charge on any atom is -0.477 e. The Bertz CT molecular complexity index is 1580. The topological polar surface area (TPSA) is 80.6 Å². The highest BCUT2D eigenvalue weighted by atomic mass is 16.5. The molecule has 0 radical (unpaired) electrons. The van der Waals surface area contributed by atoms with E-state index in [9.17, 15) is 14.4 Å². The van der Waals surface area contributed by atoms with Gasteiger partial charge in [0.15, 0.2) is 6.10 Å². The van der Waals surface area contributed by atoms with Gasteiger partial charge in [0.2, 0.25) is 5.43 Å². The lowest BCUT2D eigenvalue weighted by Gasteiger charge is -2.34. The number of anilines is 1. The van der Waals surface area contributed by atoms with Crippen LogP contribution in [-0.2, 0) is 17.6 Å². The number of fused-ring (bicyclic) bond motifs is 1. The zero-order chi connectivity index (χ0) is 25.5. The van der Waals surface area contributed by atoms with Gasteiger partial charge in [0.25, 0.3) is 11.8 Å². The minimum absolute atomic E-state index is 0.0140. The summed E-state index contributed by atoms with van der Waals surface area (Å²) in [4.78, 5) is 41.9. The summed E-state index contributed by atoms with van der Waals surface area (Å²) in [5, 5.41) is 3.48. The maximum atomic E-state index is 13.9. The van der Waals surface area contributed by atoms with Crippen LogP contribution < -0.4 is 20.4 Å². The van der Waals surface area contributed by atoms with Gasteiger partial charge in [-0.15, -0.1) is 0 Å². The van der Waals surface area contributed by atoms with Gasteiger partial charge in [-0.3, -0.25) is 14.4 Å². The molecule has 7 nitrogen and oxygen atoms in total. The molecule has 1 aromatic heterocycles. The molecule has 7 heteroatoms. The van der Waals surface area contributed by atoms with E-state index in [-0.39, 0.29) is 29.5 Å². The summed E-state index contributed by atoms with van der Waals surface area (Å²) >= 11 is 0. The van der Waals surface area contributed by atoms with Crippen LogP contribution in [0.2, 0.25) is 0 Å². The van der Waals surface area contributed by atoms with E-state index in [4.69, 9.17) is 4.74 Å². The summed E-state index contributed by atoms with van der Waals surface area (Å²) in [5.41, 5.74) is 3.48. The first-order valence-electron chi connectivity index (χ1n) is 12.6. The van der Waals surface area contributed by atoms with Crippen molar-refractivity contribution in [1.29, 1.82) is 0 Å². The van der Waals surface area contributed by atoms with Crippen LogP contribution in [0.25, 0.3) is 10.9 Å². The Morgan fingerprint density at radius 2 is 1.78 bits per heavy atom. The summed E-state index contributed by atoms with van der Waals surface area (Å²) in [7, 11) is 0. The Morgan fingerprint density at radius 1 is 1.00 bits per heavy atom. The molecule has 2 unspecified atom stereocenters. The second-order valence-corrected chi connectivity index (χ2v) is 9.66. The molecule has 6 rings (SSSR count). The standard InChI is InChI=1S/C30H27N3O4/c1-19-16-21-10-7-11-22-27(21)32(19)17-23(28(22)34)30(36)33-18-26(37-25-13-6-5-12-24(25)33)29(35)31-15-14-20-8-3-2-4-9-20/h2-13,17,19,26H,14-16,18H2,1H3,(H,31,35). The fraction of sp³-hybridized carbons (Fsp3) is 0.233. The van der Waals surface area contributed by atoms with Gasteiger partial charge in [0.1, 0.15) is 11.3 Å². The third-order valence-corrected chi connectivity index (χ3v) is 7.22. The molecule has 3 aromatic carbocycles. The number of aromatic nitrogens is 1. The fourth-order valence-corrected chi connectivity index (χ4v) is 5.37. The number of benzene rings is 3. The maximum Gasteiger partial charge on any atom is 0.264 e. The molecule has 0 spiro atoms. The van der Waals surface area contributed by atoms with E-state index in [1.54, 1.807) is 30.5 Å². The molecule has 0 fully saturated rings. The van der Waals surface area contributed by atoms with E-state index in [0.717, 1.165) is 23.1 Å². The van der Waals surface area contributed by atoms with Crippen molar-refractivity contribution in [2.75, 3.05) is 18.0 Å². The van der Waals surface area contributed by atoms with E-state index in [1.807, 2.05) is 53.1 Å². The van der Waals surface area contributed by atoms with Gasteiger partial charge in [-0.05, 0) is 49.1 Å². The van der Waals surface area contributed by atoms with Gasteiger partial charge in [0.05, 0.1) is 17.7 Å². The van der Waals surface area contributed by atoms with E-state index in [2.05, 4.69) is 12.2 Å². The maximum absolute atomic E-state index is 13.9. The monoisotopic (exact) mass is 493 g/mol. The molecular weight excluding hydrogens is 466 g/mol. The molecule has 0 aliphatic carbocycles. The zero-order valence-electron chi connectivity index (χ0n) is 20.5. The quantitative estimate of drug-likeness (QED) is 0.458. The normalized spacial score (nSPS) is 17.8.